The van der Waals surface area contributed by atoms with E-state index in [0.29, 0.717) is 31.1 Å². The number of hydrogen-bond donors (Lipinski definition) is 1. The van der Waals surface area contributed by atoms with Crippen LogP contribution in [0.4, 0.5) is 4.39 Å². The molecule has 1 atom stereocenters. The van der Waals surface area contributed by atoms with Gasteiger partial charge in [0.1, 0.15) is 11.5 Å². The molecule has 0 unspecified atom stereocenters. The zero-order valence-electron chi connectivity index (χ0n) is 20.7. The average molecular weight is 499 g/mol. The maximum absolute atomic E-state index is 14.7. The number of nitrogens with zero attached hydrogens (tertiary/aromatic N) is 2. The first-order valence-corrected chi connectivity index (χ1v) is 12.0. The van der Waals surface area contributed by atoms with E-state index in [0.717, 1.165) is 19.2 Å². The fraction of sp³-hybridized carbons (Fsp3) is 0.407. The van der Waals surface area contributed by atoms with Crippen LogP contribution in [0, 0.1) is 5.82 Å². The number of hydrogen-bond acceptors (Lipinski definition) is 7. The van der Waals surface area contributed by atoms with Gasteiger partial charge >= 0.3 is 0 Å². The van der Waals surface area contributed by atoms with Gasteiger partial charge in [-0.3, -0.25) is 14.5 Å². The highest BCUT2D eigenvalue weighted by Gasteiger charge is 2.47. The number of para-hydroxylation sites is 1. The lowest BCUT2D eigenvalue weighted by atomic mass is 9.94. The van der Waals surface area contributed by atoms with E-state index in [1.807, 2.05) is 0 Å². The Labute approximate surface area is 209 Å². The summed E-state index contributed by atoms with van der Waals surface area (Å²) in [7, 11) is 1.50. The first-order valence-electron chi connectivity index (χ1n) is 12.0. The van der Waals surface area contributed by atoms with Gasteiger partial charge in [-0.1, -0.05) is 18.2 Å². The van der Waals surface area contributed by atoms with E-state index in [1.165, 1.54) is 24.1 Å². The van der Waals surface area contributed by atoms with Crippen LogP contribution in [0.3, 0.4) is 0 Å². The van der Waals surface area contributed by atoms with Crippen LogP contribution in [0.25, 0.3) is 5.76 Å². The van der Waals surface area contributed by atoms with E-state index in [2.05, 4.69) is 4.90 Å². The highest BCUT2D eigenvalue weighted by atomic mass is 19.1. The monoisotopic (exact) mass is 498 g/mol. The van der Waals surface area contributed by atoms with Gasteiger partial charge in [-0.25, -0.2) is 4.39 Å². The Balaban J connectivity index is 1.76. The topological polar surface area (TPSA) is 88.5 Å². The smallest absolute Gasteiger partial charge is 0.295 e. The second-order valence-electron chi connectivity index (χ2n) is 9.00. The van der Waals surface area contributed by atoms with E-state index in [9.17, 15) is 19.1 Å². The van der Waals surface area contributed by atoms with Crippen molar-refractivity contribution in [2.45, 2.75) is 26.0 Å². The predicted octanol–water partition coefficient (Wildman–Crippen LogP) is 3.38. The molecule has 2 aliphatic heterocycles. The summed E-state index contributed by atoms with van der Waals surface area (Å²) in [5, 5.41) is 11.2. The zero-order valence-corrected chi connectivity index (χ0v) is 20.7. The van der Waals surface area contributed by atoms with Crippen LogP contribution in [0.5, 0.6) is 11.5 Å². The van der Waals surface area contributed by atoms with Crippen LogP contribution in [-0.2, 0) is 14.3 Å². The molecule has 1 amide bonds. The number of methoxy groups -OCH3 is 1. The second kappa shape index (κ2) is 11.1. The van der Waals surface area contributed by atoms with Crippen LogP contribution in [0.15, 0.2) is 48.0 Å². The van der Waals surface area contributed by atoms with Crippen molar-refractivity contribution in [2.75, 3.05) is 46.5 Å². The van der Waals surface area contributed by atoms with E-state index < -0.39 is 29.3 Å². The molecule has 0 spiro atoms. The Kier molecular flexibility index (Phi) is 7.91. The van der Waals surface area contributed by atoms with Crippen LogP contribution < -0.4 is 9.47 Å². The van der Waals surface area contributed by atoms with Crippen molar-refractivity contribution in [3.05, 3.63) is 65.0 Å². The van der Waals surface area contributed by atoms with E-state index in [1.54, 1.807) is 38.1 Å². The van der Waals surface area contributed by atoms with Gasteiger partial charge in [0.2, 0.25) is 0 Å². The first kappa shape index (κ1) is 25.7. The summed E-state index contributed by atoms with van der Waals surface area (Å²) < 4.78 is 31.1. The third kappa shape index (κ3) is 5.22. The number of amides is 1. The lowest BCUT2D eigenvalue weighted by molar-refractivity contribution is -0.140. The van der Waals surface area contributed by atoms with E-state index in [-0.39, 0.29) is 29.5 Å². The number of morpholine rings is 1. The number of halogens is 1. The molecular weight excluding hydrogens is 467 g/mol. The third-order valence-corrected chi connectivity index (χ3v) is 6.30. The van der Waals surface area contributed by atoms with Gasteiger partial charge in [0.15, 0.2) is 11.6 Å². The van der Waals surface area contributed by atoms with Crippen molar-refractivity contribution in [3.63, 3.8) is 0 Å². The number of carbonyl (C=O) groups is 2. The molecule has 0 bridgehead atoms. The van der Waals surface area contributed by atoms with Crippen molar-refractivity contribution in [3.8, 4) is 11.5 Å². The minimum Gasteiger partial charge on any atom is -0.507 e. The zero-order chi connectivity index (χ0) is 25.8. The second-order valence-corrected chi connectivity index (χ2v) is 9.00. The minimum atomic E-state index is -0.892. The summed E-state index contributed by atoms with van der Waals surface area (Å²) in [6, 6.07) is 10.1. The number of aliphatic hydroxyl groups is 1. The van der Waals surface area contributed by atoms with Crippen molar-refractivity contribution in [2.24, 2.45) is 0 Å². The molecule has 0 saturated carbocycles. The Morgan fingerprint density at radius 2 is 1.83 bits per heavy atom. The number of rotatable bonds is 8. The van der Waals surface area contributed by atoms with Crippen molar-refractivity contribution in [1.82, 2.24) is 9.80 Å². The van der Waals surface area contributed by atoms with Gasteiger partial charge in [-0.15, -0.1) is 0 Å². The number of ketones is 1. The largest absolute Gasteiger partial charge is 0.507 e. The quantitative estimate of drug-likeness (QED) is 0.339. The van der Waals surface area contributed by atoms with E-state index >= 15 is 0 Å². The first-order chi connectivity index (χ1) is 17.3. The number of carbonyl (C=O) groups excluding carboxylic acids is 2. The highest BCUT2D eigenvalue weighted by Crippen LogP contribution is 2.42. The molecule has 1 N–H and O–H groups in total. The Morgan fingerprint density at radius 3 is 2.50 bits per heavy atom. The van der Waals surface area contributed by atoms with Gasteiger partial charge in [0.05, 0.1) is 38.0 Å². The maximum atomic E-state index is 14.7. The summed E-state index contributed by atoms with van der Waals surface area (Å²) in [6.45, 7) is 7.03. The van der Waals surface area contributed by atoms with E-state index in [4.69, 9.17) is 14.2 Å². The minimum absolute atomic E-state index is 0.0359. The number of likely N-dealkylation sites (tertiary alicyclic amines) is 1. The SMILES string of the molecule is COc1ccccc1[C@@H]1C(=C(O)c2ccc(OC(C)C)c(F)c2)C(=O)C(=O)N1CCN1CCOCC1. The van der Waals surface area contributed by atoms with Crippen molar-refractivity contribution >= 4 is 17.4 Å². The molecule has 8 nitrogen and oxygen atoms in total. The molecule has 2 fully saturated rings. The Hall–Kier alpha value is -3.43. The molecule has 36 heavy (non-hydrogen) atoms. The van der Waals surface area contributed by atoms with Crippen LogP contribution in [-0.4, -0.2) is 79.2 Å². The molecule has 0 aliphatic carbocycles. The molecule has 0 radical (unpaired) electrons. The van der Waals surface area contributed by atoms with Crippen LogP contribution >= 0.6 is 0 Å². The predicted molar refractivity (Wildman–Crippen MR) is 131 cm³/mol. The lowest BCUT2D eigenvalue weighted by Crippen LogP contribution is -2.42. The Morgan fingerprint density at radius 1 is 1.11 bits per heavy atom. The van der Waals surface area contributed by atoms with Crippen molar-refractivity contribution in [1.29, 1.82) is 0 Å². The number of Topliss-reactive ketones (excluding diaryl/α,β-unsaturated/α-hetero) is 1. The average Bonchev–Trinajstić information content (AvgIpc) is 3.13. The van der Waals surface area contributed by atoms with Crippen LogP contribution in [0.1, 0.15) is 31.0 Å². The molecule has 0 aromatic heterocycles. The molecule has 4 rings (SSSR count). The number of benzene rings is 2. The summed E-state index contributed by atoms with van der Waals surface area (Å²) in [4.78, 5) is 30.1. The molecule has 9 heteroatoms. The summed E-state index contributed by atoms with van der Waals surface area (Å²) >= 11 is 0. The molecule has 2 saturated heterocycles. The Bertz CT molecular complexity index is 1160. The van der Waals surface area contributed by atoms with Gasteiger partial charge in [0.25, 0.3) is 11.7 Å². The maximum Gasteiger partial charge on any atom is 0.295 e. The molecule has 2 aromatic carbocycles. The molecular formula is C27H31FN2O6. The van der Waals surface area contributed by atoms with Crippen LogP contribution in [0.2, 0.25) is 0 Å². The fourth-order valence-electron chi connectivity index (χ4n) is 4.55. The molecule has 2 heterocycles. The number of aliphatic hydroxyl groups excluding tert-OH is 1. The summed E-state index contributed by atoms with van der Waals surface area (Å²) in [6.07, 6.45) is -0.235. The standard InChI is InChI=1S/C27H31FN2O6/c1-17(2)36-22-9-8-18(16-20(22)28)25(31)23-24(19-6-4-5-7-21(19)34-3)30(27(33)26(23)32)11-10-29-12-14-35-15-13-29/h4-9,16-17,24,31H,10-15H2,1-3H3/t24-/m1/s1. The fourth-order valence-corrected chi connectivity index (χ4v) is 4.55. The molecule has 2 aromatic rings. The van der Waals surface area contributed by atoms with Gasteiger partial charge < -0.3 is 24.2 Å². The third-order valence-electron chi connectivity index (χ3n) is 6.30. The normalized spacial score (nSPS) is 20.2. The molecule has 2 aliphatic rings. The molecule has 192 valence electrons. The summed E-state index contributed by atoms with van der Waals surface area (Å²) in [5.74, 6) is -2.17. The van der Waals surface area contributed by atoms with Gasteiger partial charge in [-0.2, -0.15) is 0 Å². The van der Waals surface area contributed by atoms with Crippen molar-refractivity contribution < 1.29 is 33.3 Å². The highest BCUT2D eigenvalue weighted by molar-refractivity contribution is 6.46. The number of ether oxygens (including phenoxy) is 3. The summed E-state index contributed by atoms with van der Waals surface area (Å²) in [5.41, 5.74) is 0.529. The van der Waals surface area contributed by atoms with Gasteiger partial charge in [0, 0.05) is 37.3 Å². The lowest BCUT2D eigenvalue weighted by Gasteiger charge is -2.31. The van der Waals surface area contributed by atoms with Gasteiger partial charge in [-0.05, 0) is 38.1 Å².